The van der Waals surface area contributed by atoms with Crippen molar-refractivity contribution >= 4 is 5.78 Å². The number of rotatable bonds is 0. The first kappa shape index (κ1) is 11.7. The Balaban J connectivity index is 1.98. The van der Waals surface area contributed by atoms with Gasteiger partial charge < -0.3 is 5.11 Å². The molecule has 0 heterocycles. The molecule has 0 aromatic rings. The molecule has 96 valence electrons. The Morgan fingerprint density at radius 2 is 1.88 bits per heavy atom. The number of carbonyl (C=O) groups is 1. The molecule has 6 atom stereocenters. The monoisotopic (exact) mass is 236 g/mol. The van der Waals surface area contributed by atoms with E-state index in [1.165, 1.54) is 6.42 Å². The van der Waals surface area contributed by atoms with Crippen molar-refractivity contribution in [3.63, 3.8) is 0 Å². The Morgan fingerprint density at radius 3 is 2.47 bits per heavy atom. The summed E-state index contributed by atoms with van der Waals surface area (Å²) in [5.41, 5.74) is 0.529. The van der Waals surface area contributed by atoms with E-state index in [1.54, 1.807) is 0 Å². The summed E-state index contributed by atoms with van der Waals surface area (Å²) >= 11 is 0. The van der Waals surface area contributed by atoms with Gasteiger partial charge in [-0.05, 0) is 41.4 Å². The molecule has 0 radical (unpaired) electrons. The van der Waals surface area contributed by atoms with Crippen LogP contribution < -0.4 is 0 Å². The van der Waals surface area contributed by atoms with Crippen LogP contribution >= 0.6 is 0 Å². The Hall–Kier alpha value is -0.370. The molecule has 0 saturated heterocycles. The van der Waals surface area contributed by atoms with Gasteiger partial charge in [0.25, 0.3) is 0 Å². The van der Waals surface area contributed by atoms with E-state index in [4.69, 9.17) is 0 Å². The Bertz CT molecular complexity index is 373. The minimum absolute atomic E-state index is 0.132. The van der Waals surface area contributed by atoms with Gasteiger partial charge in [0.2, 0.25) is 0 Å². The number of aliphatic hydroxyl groups excluding tert-OH is 1. The van der Waals surface area contributed by atoms with Crippen molar-refractivity contribution < 1.29 is 9.90 Å². The van der Waals surface area contributed by atoms with Crippen LogP contribution in [0.4, 0.5) is 0 Å². The van der Waals surface area contributed by atoms with E-state index in [0.717, 1.165) is 12.8 Å². The summed E-state index contributed by atoms with van der Waals surface area (Å²) in [5, 5.41) is 10.5. The first-order valence-electron chi connectivity index (χ1n) is 6.97. The third kappa shape index (κ3) is 1.34. The van der Waals surface area contributed by atoms with Crippen molar-refractivity contribution in [2.75, 3.05) is 0 Å². The van der Waals surface area contributed by atoms with E-state index in [1.807, 2.05) is 0 Å². The highest BCUT2D eigenvalue weighted by molar-refractivity contribution is 5.89. The van der Waals surface area contributed by atoms with Crippen LogP contribution in [0.3, 0.4) is 0 Å². The van der Waals surface area contributed by atoms with Gasteiger partial charge >= 0.3 is 0 Å². The highest BCUT2D eigenvalue weighted by atomic mass is 16.3. The standard InChI is InChI=1S/C15H24O2/c1-8-12-11(16)7-15(12,4)10-6-14(2,3)5-9(10)13(8)17/h8-10,12-13,17H,5-7H2,1-4H3/t8-,9+,10-,12+,13+,15+/m0/s1. The van der Waals surface area contributed by atoms with E-state index in [0.29, 0.717) is 23.0 Å². The number of hydrogen-bond acceptors (Lipinski definition) is 2. The maximum Gasteiger partial charge on any atom is 0.137 e. The van der Waals surface area contributed by atoms with Crippen molar-refractivity contribution in [1.29, 1.82) is 0 Å². The smallest absolute Gasteiger partial charge is 0.137 e. The van der Waals surface area contributed by atoms with Gasteiger partial charge in [-0.25, -0.2) is 0 Å². The second-order valence-corrected chi connectivity index (χ2v) is 7.82. The van der Waals surface area contributed by atoms with E-state index in [9.17, 15) is 9.90 Å². The van der Waals surface area contributed by atoms with Crippen molar-refractivity contribution in [3.8, 4) is 0 Å². The van der Waals surface area contributed by atoms with E-state index >= 15 is 0 Å². The highest BCUT2D eigenvalue weighted by Crippen LogP contribution is 2.66. The van der Waals surface area contributed by atoms with Gasteiger partial charge in [0.05, 0.1) is 6.10 Å². The second kappa shape index (κ2) is 3.14. The summed E-state index contributed by atoms with van der Waals surface area (Å²) in [4.78, 5) is 11.9. The molecule has 0 aromatic heterocycles. The summed E-state index contributed by atoms with van der Waals surface area (Å²) in [6.45, 7) is 8.98. The molecule has 3 aliphatic carbocycles. The second-order valence-electron chi connectivity index (χ2n) is 7.82. The zero-order valence-electron chi connectivity index (χ0n) is 11.4. The Morgan fingerprint density at radius 1 is 1.24 bits per heavy atom. The van der Waals surface area contributed by atoms with Gasteiger partial charge in [-0.1, -0.05) is 27.7 Å². The minimum atomic E-state index is -0.260. The predicted molar refractivity (Wildman–Crippen MR) is 66.4 cm³/mol. The lowest BCUT2D eigenvalue weighted by atomic mass is 9.44. The first-order valence-corrected chi connectivity index (χ1v) is 6.97. The fourth-order valence-electron chi connectivity index (χ4n) is 5.37. The average Bonchev–Trinajstić information content (AvgIpc) is 2.51. The number of Topliss-reactive ketones (excluding diaryl/α,β-unsaturated/α-hetero) is 1. The predicted octanol–water partition coefficient (Wildman–Crippen LogP) is 2.64. The average molecular weight is 236 g/mol. The Kier molecular flexibility index (Phi) is 2.16. The molecule has 17 heavy (non-hydrogen) atoms. The quantitative estimate of drug-likeness (QED) is 0.702. The van der Waals surface area contributed by atoms with Gasteiger partial charge in [-0.2, -0.15) is 0 Å². The number of fused-ring (bicyclic) bond motifs is 3. The van der Waals surface area contributed by atoms with Crippen LogP contribution in [0.1, 0.15) is 47.0 Å². The van der Waals surface area contributed by atoms with Gasteiger partial charge in [0.1, 0.15) is 5.78 Å². The van der Waals surface area contributed by atoms with Crippen LogP contribution in [0.2, 0.25) is 0 Å². The zero-order valence-corrected chi connectivity index (χ0v) is 11.4. The third-order valence-corrected chi connectivity index (χ3v) is 6.04. The molecule has 0 spiro atoms. The van der Waals surface area contributed by atoms with Gasteiger partial charge in [0, 0.05) is 12.3 Å². The molecule has 0 aliphatic heterocycles. The van der Waals surface area contributed by atoms with Crippen molar-refractivity contribution in [2.45, 2.75) is 53.1 Å². The van der Waals surface area contributed by atoms with Crippen molar-refractivity contribution in [1.82, 2.24) is 0 Å². The van der Waals surface area contributed by atoms with Crippen molar-refractivity contribution in [2.24, 2.45) is 34.5 Å². The molecule has 0 unspecified atom stereocenters. The summed E-state index contributed by atoms with van der Waals surface area (Å²) in [7, 11) is 0. The van der Waals surface area contributed by atoms with Crippen LogP contribution in [0.15, 0.2) is 0 Å². The van der Waals surface area contributed by atoms with E-state index in [2.05, 4.69) is 27.7 Å². The van der Waals surface area contributed by atoms with Crippen LogP contribution in [0, 0.1) is 34.5 Å². The maximum absolute atomic E-state index is 11.9. The molecular weight excluding hydrogens is 212 g/mol. The van der Waals surface area contributed by atoms with Crippen LogP contribution in [0.25, 0.3) is 0 Å². The van der Waals surface area contributed by atoms with Crippen molar-refractivity contribution in [3.05, 3.63) is 0 Å². The van der Waals surface area contributed by atoms with Gasteiger partial charge in [0.15, 0.2) is 0 Å². The lowest BCUT2D eigenvalue weighted by molar-refractivity contribution is -0.179. The summed E-state index contributed by atoms with van der Waals surface area (Å²) in [6.07, 6.45) is 2.80. The number of carbonyl (C=O) groups excluding carboxylic acids is 1. The molecule has 3 rings (SSSR count). The molecule has 2 heteroatoms. The van der Waals surface area contributed by atoms with Gasteiger partial charge in [-0.3, -0.25) is 4.79 Å². The lowest BCUT2D eigenvalue weighted by Crippen LogP contribution is -2.62. The number of hydrogen-bond donors (Lipinski definition) is 1. The zero-order chi connectivity index (χ0) is 12.6. The molecule has 0 bridgehead atoms. The van der Waals surface area contributed by atoms with E-state index in [-0.39, 0.29) is 23.4 Å². The molecular formula is C15H24O2. The topological polar surface area (TPSA) is 37.3 Å². The van der Waals surface area contributed by atoms with E-state index < -0.39 is 0 Å². The van der Waals surface area contributed by atoms with Crippen LogP contribution in [0.5, 0.6) is 0 Å². The molecule has 3 fully saturated rings. The molecule has 3 aliphatic rings. The maximum atomic E-state index is 11.9. The van der Waals surface area contributed by atoms with Gasteiger partial charge in [-0.15, -0.1) is 0 Å². The Labute approximate surface area is 104 Å². The lowest BCUT2D eigenvalue weighted by Gasteiger charge is -2.59. The van der Waals surface area contributed by atoms with Crippen LogP contribution in [-0.4, -0.2) is 17.0 Å². The summed E-state index contributed by atoms with van der Waals surface area (Å²) in [5.74, 6) is 1.67. The SMILES string of the molecule is C[C@@H]1[C@@H](O)[C@@H]2CC(C)(C)C[C@@H]2[C@@]2(C)CC(=O)[C@@H]12. The minimum Gasteiger partial charge on any atom is -0.393 e. The molecule has 1 N–H and O–H groups in total. The molecule has 3 saturated carbocycles. The van der Waals surface area contributed by atoms with Crippen LogP contribution in [-0.2, 0) is 4.79 Å². The summed E-state index contributed by atoms with van der Waals surface area (Å²) in [6, 6.07) is 0. The number of ketones is 1. The fraction of sp³-hybridized carbons (Fsp3) is 0.933. The molecule has 2 nitrogen and oxygen atoms in total. The molecule has 0 amide bonds. The third-order valence-electron chi connectivity index (χ3n) is 6.04. The fourth-order valence-corrected chi connectivity index (χ4v) is 5.37. The summed E-state index contributed by atoms with van der Waals surface area (Å²) < 4.78 is 0. The first-order chi connectivity index (χ1) is 7.76. The number of aliphatic hydroxyl groups is 1. The highest BCUT2D eigenvalue weighted by Gasteiger charge is 2.66. The normalized spacial score (nSPS) is 56.1. The largest absolute Gasteiger partial charge is 0.393 e. The molecule has 0 aromatic carbocycles.